The number of amides is 2. The third-order valence-corrected chi connectivity index (χ3v) is 3.20. The zero-order valence-electron chi connectivity index (χ0n) is 11.5. The minimum atomic E-state index is -0.215. The lowest BCUT2D eigenvalue weighted by Crippen LogP contribution is -2.57. The number of nitrogens with zero attached hydrogens (tertiary/aromatic N) is 2. The quantitative estimate of drug-likeness (QED) is 0.654. The van der Waals surface area contributed by atoms with Crippen molar-refractivity contribution < 1.29 is 9.59 Å². The smallest absolute Gasteiger partial charge is 0.242 e. The Hall–Kier alpha value is -1.14. The van der Waals surface area contributed by atoms with E-state index < -0.39 is 0 Å². The Kier molecular flexibility index (Phi) is 6.07. The molecule has 0 spiro atoms. The third-order valence-electron chi connectivity index (χ3n) is 3.20. The van der Waals surface area contributed by atoms with Gasteiger partial charge >= 0.3 is 0 Å². The average Bonchev–Trinajstić information content (AvgIpc) is 2.40. The van der Waals surface area contributed by atoms with Crippen molar-refractivity contribution in [1.29, 1.82) is 0 Å². The van der Waals surface area contributed by atoms with Crippen LogP contribution in [0.25, 0.3) is 0 Å². The van der Waals surface area contributed by atoms with Crippen LogP contribution in [0, 0.1) is 0 Å². The molecule has 18 heavy (non-hydrogen) atoms. The summed E-state index contributed by atoms with van der Waals surface area (Å²) in [5, 5.41) is 6.32. The minimum Gasteiger partial charge on any atom is -0.342 e. The van der Waals surface area contributed by atoms with Crippen LogP contribution < -0.4 is 10.6 Å². The van der Waals surface area contributed by atoms with Crippen molar-refractivity contribution in [2.75, 3.05) is 46.3 Å². The molecule has 1 atom stereocenters. The molecule has 6 nitrogen and oxygen atoms in total. The SMILES string of the molecule is CCN(CC)C(=O)CN(C)C(=O)C1CNCCN1. The van der Waals surface area contributed by atoms with Crippen LogP contribution in [0.5, 0.6) is 0 Å². The summed E-state index contributed by atoms with van der Waals surface area (Å²) in [7, 11) is 1.68. The fourth-order valence-corrected chi connectivity index (χ4v) is 2.05. The fourth-order valence-electron chi connectivity index (χ4n) is 2.05. The summed E-state index contributed by atoms with van der Waals surface area (Å²) >= 11 is 0. The van der Waals surface area contributed by atoms with Crippen molar-refractivity contribution in [1.82, 2.24) is 20.4 Å². The van der Waals surface area contributed by atoms with Crippen LogP contribution in [0.1, 0.15) is 13.8 Å². The van der Waals surface area contributed by atoms with Crippen LogP contribution >= 0.6 is 0 Å². The Morgan fingerprint density at radius 1 is 1.22 bits per heavy atom. The summed E-state index contributed by atoms with van der Waals surface area (Å²) in [4.78, 5) is 27.2. The van der Waals surface area contributed by atoms with Gasteiger partial charge in [-0.25, -0.2) is 0 Å². The molecule has 1 aliphatic heterocycles. The lowest BCUT2D eigenvalue weighted by molar-refractivity contribution is -0.140. The second-order valence-corrected chi connectivity index (χ2v) is 4.47. The van der Waals surface area contributed by atoms with Crippen molar-refractivity contribution >= 4 is 11.8 Å². The summed E-state index contributed by atoms with van der Waals surface area (Å²) in [5.74, 6) is -0.0256. The predicted octanol–water partition coefficient (Wildman–Crippen LogP) is -1.13. The van der Waals surface area contributed by atoms with Crippen molar-refractivity contribution in [3.8, 4) is 0 Å². The van der Waals surface area contributed by atoms with Gasteiger partial charge in [-0.3, -0.25) is 9.59 Å². The molecule has 0 aromatic rings. The molecule has 2 amide bonds. The van der Waals surface area contributed by atoms with Crippen LogP contribution in [-0.4, -0.2) is 74.0 Å². The number of carbonyl (C=O) groups excluding carboxylic acids is 2. The van der Waals surface area contributed by atoms with Gasteiger partial charge in [-0.15, -0.1) is 0 Å². The molecule has 0 aromatic heterocycles. The first-order valence-corrected chi connectivity index (χ1v) is 6.57. The first-order valence-electron chi connectivity index (χ1n) is 6.57. The third kappa shape index (κ3) is 3.96. The zero-order chi connectivity index (χ0) is 13.5. The lowest BCUT2D eigenvalue weighted by Gasteiger charge is -2.29. The molecule has 0 aliphatic carbocycles. The Balaban J connectivity index is 2.45. The number of hydrogen-bond acceptors (Lipinski definition) is 4. The zero-order valence-corrected chi connectivity index (χ0v) is 11.5. The molecule has 1 unspecified atom stereocenters. The first kappa shape index (κ1) is 14.9. The van der Waals surface area contributed by atoms with E-state index in [4.69, 9.17) is 0 Å². The fraction of sp³-hybridized carbons (Fsp3) is 0.833. The first-order chi connectivity index (χ1) is 8.60. The van der Waals surface area contributed by atoms with Crippen LogP contribution in [0.4, 0.5) is 0 Å². The van der Waals surface area contributed by atoms with Gasteiger partial charge in [0.05, 0.1) is 12.6 Å². The highest BCUT2D eigenvalue weighted by atomic mass is 16.2. The van der Waals surface area contributed by atoms with E-state index in [1.54, 1.807) is 11.9 Å². The van der Waals surface area contributed by atoms with Crippen molar-refractivity contribution in [3.63, 3.8) is 0 Å². The van der Waals surface area contributed by atoms with Crippen LogP contribution in [0.2, 0.25) is 0 Å². The normalized spacial score (nSPS) is 19.4. The number of likely N-dealkylation sites (N-methyl/N-ethyl adjacent to an activating group) is 2. The molecule has 1 aliphatic rings. The van der Waals surface area contributed by atoms with E-state index in [0.29, 0.717) is 19.6 Å². The molecular weight excluding hydrogens is 232 g/mol. The van der Waals surface area contributed by atoms with Crippen LogP contribution in [-0.2, 0) is 9.59 Å². The lowest BCUT2D eigenvalue weighted by atomic mass is 10.2. The van der Waals surface area contributed by atoms with E-state index in [1.165, 1.54) is 4.90 Å². The molecule has 1 saturated heterocycles. The van der Waals surface area contributed by atoms with E-state index in [2.05, 4.69) is 10.6 Å². The van der Waals surface area contributed by atoms with E-state index >= 15 is 0 Å². The Morgan fingerprint density at radius 2 is 1.89 bits per heavy atom. The number of carbonyl (C=O) groups is 2. The molecule has 0 bridgehead atoms. The van der Waals surface area contributed by atoms with Crippen molar-refractivity contribution in [2.24, 2.45) is 0 Å². The van der Waals surface area contributed by atoms with E-state index in [0.717, 1.165) is 13.1 Å². The van der Waals surface area contributed by atoms with Gasteiger partial charge in [-0.2, -0.15) is 0 Å². The van der Waals surface area contributed by atoms with E-state index in [1.807, 2.05) is 13.8 Å². The maximum absolute atomic E-state index is 12.1. The molecule has 0 radical (unpaired) electrons. The molecule has 104 valence electrons. The highest BCUT2D eigenvalue weighted by Gasteiger charge is 2.25. The molecule has 0 aromatic carbocycles. The number of piperazine rings is 1. The second kappa shape index (κ2) is 7.33. The highest BCUT2D eigenvalue weighted by molar-refractivity contribution is 5.87. The molecule has 1 rings (SSSR count). The molecule has 6 heteroatoms. The molecular formula is C12H24N4O2. The largest absolute Gasteiger partial charge is 0.342 e. The number of nitrogens with one attached hydrogen (secondary N) is 2. The number of rotatable bonds is 5. The summed E-state index contributed by atoms with van der Waals surface area (Å²) in [5.41, 5.74) is 0. The highest BCUT2D eigenvalue weighted by Crippen LogP contribution is 1.97. The molecule has 1 heterocycles. The Labute approximate surface area is 109 Å². The van der Waals surface area contributed by atoms with Crippen molar-refractivity contribution in [2.45, 2.75) is 19.9 Å². The van der Waals surface area contributed by atoms with Gasteiger partial charge in [0.1, 0.15) is 0 Å². The molecule has 0 saturated carbocycles. The van der Waals surface area contributed by atoms with Gasteiger partial charge in [0.15, 0.2) is 0 Å². The average molecular weight is 256 g/mol. The maximum Gasteiger partial charge on any atom is 0.242 e. The van der Waals surface area contributed by atoms with Gasteiger partial charge in [0.2, 0.25) is 11.8 Å². The van der Waals surface area contributed by atoms with Gasteiger partial charge in [0.25, 0.3) is 0 Å². The van der Waals surface area contributed by atoms with Crippen LogP contribution in [0.3, 0.4) is 0 Å². The summed E-state index contributed by atoms with van der Waals surface area (Å²) in [6, 6.07) is -0.215. The van der Waals surface area contributed by atoms with Gasteiger partial charge in [-0.1, -0.05) is 0 Å². The van der Waals surface area contributed by atoms with E-state index in [9.17, 15) is 9.59 Å². The van der Waals surface area contributed by atoms with E-state index in [-0.39, 0.29) is 24.4 Å². The Bertz CT molecular complexity index is 286. The Morgan fingerprint density at radius 3 is 2.39 bits per heavy atom. The molecule has 1 fully saturated rings. The predicted molar refractivity (Wildman–Crippen MR) is 70.2 cm³/mol. The number of hydrogen-bond donors (Lipinski definition) is 2. The maximum atomic E-state index is 12.1. The van der Waals surface area contributed by atoms with Gasteiger partial charge in [0, 0.05) is 39.8 Å². The standard InChI is InChI=1S/C12H24N4O2/c1-4-16(5-2)11(17)9-15(3)12(18)10-8-13-6-7-14-10/h10,13-14H,4-9H2,1-3H3. The van der Waals surface area contributed by atoms with Crippen LogP contribution in [0.15, 0.2) is 0 Å². The topological polar surface area (TPSA) is 64.7 Å². The second-order valence-electron chi connectivity index (χ2n) is 4.47. The summed E-state index contributed by atoms with van der Waals surface area (Å²) < 4.78 is 0. The van der Waals surface area contributed by atoms with Crippen molar-refractivity contribution in [3.05, 3.63) is 0 Å². The molecule has 2 N–H and O–H groups in total. The monoisotopic (exact) mass is 256 g/mol. The van der Waals surface area contributed by atoms with Gasteiger partial charge < -0.3 is 20.4 Å². The summed E-state index contributed by atoms with van der Waals surface area (Å²) in [6.07, 6.45) is 0. The van der Waals surface area contributed by atoms with Gasteiger partial charge in [-0.05, 0) is 13.8 Å². The summed E-state index contributed by atoms with van der Waals surface area (Å²) in [6.45, 7) is 7.69. The minimum absolute atomic E-state index is 0.000353.